The van der Waals surface area contributed by atoms with Crippen molar-refractivity contribution in [3.63, 3.8) is 0 Å². The number of H-pyrrole nitrogens is 1. The summed E-state index contributed by atoms with van der Waals surface area (Å²) in [6.45, 7) is 6.50. The fourth-order valence-corrected chi connectivity index (χ4v) is 5.71. The van der Waals surface area contributed by atoms with Crippen LogP contribution in [-0.2, 0) is 24.4 Å². The zero-order valence-corrected chi connectivity index (χ0v) is 22.8. The Balaban J connectivity index is 1.52. The molecule has 0 unspecified atom stereocenters. The van der Waals surface area contributed by atoms with Crippen LogP contribution in [0.2, 0.25) is 0 Å². The normalized spacial score (nSPS) is 16.1. The molecule has 4 heterocycles. The maximum atomic E-state index is 13.9. The summed E-state index contributed by atoms with van der Waals surface area (Å²) in [6.07, 6.45) is 5.66. The molecule has 0 radical (unpaired) electrons. The van der Waals surface area contributed by atoms with Crippen LogP contribution < -0.4 is 5.56 Å². The number of hydrogen-bond acceptors (Lipinski definition) is 7. The molecule has 40 heavy (non-hydrogen) atoms. The van der Waals surface area contributed by atoms with E-state index in [0.717, 1.165) is 52.6 Å². The van der Waals surface area contributed by atoms with Crippen LogP contribution in [0, 0.1) is 13.8 Å². The molecular formula is C31H33N7O2. The predicted octanol–water partition coefficient (Wildman–Crippen LogP) is 4.50. The molecule has 9 nitrogen and oxygen atoms in total. The molecule has 1 aliphatic rings. The van der Waals surface area contributed by atoms with Gasteiger partial charge in [-0.25, -0.2) is 4.68 Å². The van der Waals surface area contributed by atoms with Gasteiger partial charge in [-0.3, -0.25) is 14.7 Å². The summed E-state index contributed by atoms with van der Waals surface area (Å²) in [6, 6.07) is 19.9. The number of nitrogens with one attached hydrogen (secondary N) is 1. The topological polar surface area (TPSA) is 102 Å². The Labute approximate surface area is 232 Å². The molecule has 1 N–H and O–H groups in total. The molecule has 2 atom stereocenters. The van der Waals surface area contributed by atoms with E-state index in [4.69, 9.17) is 4.74 Å². The van der Waals surface area contributed by atoms with E-state index in [9.17, 15) is 4.79 Å². The minimum Gasteiger partial charge on any atom is -0.376 e. The predicted molar refractivity (Wildman–Crippen MR) is 153 cm³/mol. The highest BCUT2D eigenvalue weighted by molar-refractivity contribution is 5.83. The first kappa shape index (κ1) is 26.0. The molecule has 0 bridgehead atoms. The third kappa shape index (κ3) is 5.57. The van der Waals surface area contributed by atoms with Gasteiger partial charge in [0.25, 0.3) is 5.56 Å². The third-order valence-corrected chi connectivity index (χ3v) is 7.52. The summed E-state index contributed by atoms with van der Waals surface area (Å²) in [5, 5.41) is 14.0. The number of hydrogen-bond donors (Lipinski definition) is 1. The average Bonchev–Trinajstić information content (AvgIpc) is 3.64. The first-order valence-electron chi connectivity index (χ1n) is 13.7. The molecule has 0 aliphatic carbocycles. The molecule has 0 spiro atoms. The van der Waals surface area contributed by atoms with Crippen LogP contribution in [-0.4, -0.2) is 47.8 Å². The highest BCUT2D eigenvalue weighted by Crippen LogP contribution is 2.31. The van der Waals surface area contributed by atoms with Crippen LogP contribution in [0.15, 0.2) is 77.9 Å². The lowest BCUT2D eigenvalue weighted by Crippen LogP contribution is -2.35. The average molecular weight is 536 g/mol. The number of aromatic nitrogens is 6. The Kier molecular flexibility index (Phi) is 7.48. The van der Waals surface area contributed by atoms with E-state index < -0.39 is 6.04 Å². The quantitative estimate of drug-likeness (QED) is 0.297. The zero-order valence-electron chi connectivity index (χ0n) is 22.8. The minimum atomic E-state index is -0.522. The number of pyridine rings is 2. The van der Waals surface area contributed by atoms with E-state index >= 15 is 0 Å². The molecule has 2 aromatic carbocycles. The molecule has 204 valence electrons. The summed E-state index contributed by atoms with van der Waals surface area (Å²) in [5.41, 5.74) is 5.62. The molecule has 1 saturated heterocycles. The highest BCUT2D eigenvalue weighted by atomic mass is 16.5. The van der Waals surface area contributed by atoms with Crippen LogP contribution >= 0.6 is 0 Å². The Morgan fingerprint density at radius 3 is 2.67 bits per heavy atom. The molecular weight excluding hydrogens is 502 g/mol. The van der Waals surface area contributed by atoms with Gasteiger partial charge in [0, 0.05) is 37.7 Å². The summed E-state index contributed by atoms with van der Waals surface area (Å²) in [7, 11) is 0. The zero-order chi connectivity index (χ0) is 27.5. The van der Waals surface area contributed by atoms with Gasteiger partial charge in [0.15, 0.2) is 5.82 Å². The van der Waals surface area contributed by atoms with Crippen molar-refractivity contribution >= 4 is 10.9 Å². The lowest BCUT2D eigenvalue weighted by atomic mass is 9.99. The molecule has 5 aromatic rings. The van der Waals surface area contributed by atoms with Gasteiger partial charge in [-0.1, -0.05) is 48.0 Å². The van der Waals surface area contributed by atoms with E-state index in [1.54, 1.807) is 6.20 Å². The minimum absolute atomic E-state index is 0.0454. The second kappa shape index (κ2) is 11.5. The maximum absolute atomic E-state index is 13.9. The summed E-state index contributed by atoms with van der Waals surface area (Å²) in [4.78, 5) is 23.6. The Morgan fingerprint density at radius 1 is 1.07 bits per heavy atom. The van der Waals surface area contributed by atoms with E-state index in [-0.39, 0.29) is 11.7 Å². The van der Waals surface area contributed by atoms with Crippen molar-refractivity contribution in [3.8, 4) is 0 Å². The van der Waals surface area contributed by atoms with Crippen molar-refractivity contribution in [2.24, 2.45) is 0 Å². The van der Waals surface area contributed by atoms with E-state index in [0.29, 0.717) is 31.0 Å². The smallest absolute Gasteiger partial charge is 0.253 e. The van der Waals surface area contributed by atoms with Crippen LogP contribution in [0.25, 0.3) is 10.9 Å². The number of rotatable bonds is 9. The van der Waals surface area contributed by atoms with Crippen molar-refractivity contribution < 1.29 is 4.74 Å². The Hall–Kier alpha value is -4.21. The van der Waals surface area contributed by atoms with Gasteiger partial charge < -0.3 is 9.72 Å². The lowest BCUT2D eigenvalue weighted by Gasteiger charge is -2.31. The first-order chi connectivity index (χ1) is 19.5. The van der Waals surface area contributed by atoms with Crippen molar-refractivity contribution in [1.82, 2.24) is 35.1 Å². The van der Waals surface area contributed by atoms with Crippen LogP contribution in [0.3, 0.4) is 0 Å². The molecule has 0 saturated carbocycles. The van der Waals surface area contributed by atoms with Crippen LogP contribution in [0.1, 0.15) is 52.5 Å². The number of aromatic amines is 1. The standard InChI is InChI=1S/C31H33N7O2/c1-21-14-22(2)28-25(15-21)16-27(31(39)33-28)29(30-34-35-36-38(30)20-26-11-7-13-40-26)37(18-23-8-4-3-5-9-23)19-24-10-6-12-32-17-24/h3-6,8-10,12,14-17,26,29H,7,11,13,18-20H2,1-2H3,(H,33,39)/t26-,29-/m1/s1. The SMILES string of the molecule is Cc1cc(C)c2[nH]c(=O)c([C@H](c3nnnn3C[C@H]3CCCO3)N(Cc3ccccc3)Cc3cccnc3)cc2c1. The van der Waals surface area contributed by atoms with Crippen molar-refractivity contribution in [1.29, 1.82) is 0 Å². The van der Waals surface area contributed by atoms with Crippen molar-refractivity contribution in [2.75, 3.05) is 6.61 Å². The third-order valence-electron chi connectivity index (χ3n) is 7.52. The Morgan fingerprint density at radius 2 is 1.90 bits per heavy atom. The first-order valence-corrected chi connectivity index (χ1v) is 13.7. The van der Waals surface area contributed by atoms with Gasteiger partial charge in [-0.2, -0.15) is 0 Å². The maximum Gasteiger partial charge on any atom is 0.253 e. The highest BCUT2D eigenvalue weighted by Gasteiger charge is 2.32. The number of tetrazole rings is 1. The number of ether oxygens (including phenoxy) is 1. The van der Waals surface area contributed by atoms with Crippen LogP contribution in [0.4, 0.5) is 0 Å². The molecule has 1 aliphatic heterocycles. The largest absolute Gasteiger partial charge is 0.376 e. The summed E-state index contributed by atoms with van der Waals surface area (Å²) >= 11 is 0. The van der Waals surface area contributed by atoms with Gasteiger partial charge in [0.05, 0.1) is 18.2 Å². The van der Waals surface area contributed by atoms with Crippen molar-refractivity contribution in [3.05, 3.63) is 117 Å². The Bertz CT molecular complexity index is 1600. The van der Waals surface area contributed by atoms with Crippen molar-refractivity contribution in [2.45, 2.75) is 58.5 Å². The summed E-state index contributed by atoms with van der Waals surface area (Å²) in [5.74, 6) is 0.615. The lowest BCUT2D eigenvalue weighted by molar-refractivity contribution is 0.0903. The number of benzene rings is 2. The summed E-state index contributed by atoms with van der Waals surface area (Å²) < 4.78 is 7.73. The van der Waals surface area contributed by atoms with Crippen LogP contribution in [0.5, 0.6) is 0 Å². The van der Waals surface area contributed by atoms with Gasteiger partial charge in [-0.05, 0) is 77.4 Å². The van der Waals surface area contributed by atoms with Gasteiger partial charge in [-0.15, -0.1) is 5.10 Å². The van der Waals surface area contributed by atoms with E-state index in [1.807, 2.05) is 48.1 Å². The fourth-order valence-electron chi connectivity index (χ4n) is 5.71. The van der Waals surface area contributed by atoms with Gasteiger partial charge >= 0.3 is 0 Å². The number of aryl methyl sites for hydroxylation is 2. The van der Waals surface area contributed by atoms with Gasteiger partial charge in [0.1, 0.15) is 6.04 Å². The molecule has 3 aromatic heterocycles. The number of fused-ring (bicyclic) bond motifs is 1. The monoisotopic (exact) mass is 535 g/mol. The van der Waals surface area contributed by atoms with Gasteiger partial charge in [0.2, 0.25) is 0 Å². The van der Waals surface area contributed by atoms with E-state index in [2.05, 4.69) is 67.6 Å². The second-order valence-electron chi connectivity index (χ2n) is 10.6. The molecule has 6 rings (SSSR count). The molecule has 9 heteroatoms. The van der Waals surface area contributed by atoms with E-state index in [1.165, 1.54) is 0 Å². The molecule has 1 fully saturated rings. The second-order valence-corrected chi connectivity index (χ2v) is 10.6. The molecule has 0 amide bonds. The number of nitrogens with zero attached hydrogens (tertiary/aromatic N) is 6. The fraction of sp³-hybridized carbons (Fsp3) is 0.323.